The number of hydrogen-bond donors (Lipinski definition) is 1. The van der Waals surface area contributed by atoms with Crippen molar-refractivity contribution in [2.24, 2.45) is 7.05 Å². The van der Waals surface area contributed by atoms with Crippen LogP contribution in [0.5, 0.6) is 0 Å². The predicted molar refractivity (Wildman–Crippen MR) is 88.7 cm³/mol. The Kier molecular flexibility index (Phi) is 6.76. The predicted octanol–water partition coefficient (Wildman–Crippen LogP) is 3.06. The number of rotatable bonds is 5. The Balaban J connectivity index is 0.00000116. The first-order valence-corrected chi connectivity index (χ1v) is 7.76. The number of imide groups is 1. The van der Waals surface area contributed by atoms with Gasteiger partial charge in [-0.3, -0.25) is 19.6 Å². The molecule has 1 aromatic heterocycles. The van der Waals surface area contributed by atoms with Crippen molar-refractivity contribution in [1.29, 1.82) is 0 Å². The molecule has 2 aromatic rings. The van der Waals surface area contributed by atoms with Crippen LogP contribution in [-0.4, -0.2) is 22.1 Å². The van der Waals surface area contributed by atoms with Crippen LogP contribution in [0.4, 0.5) is 0 Å². The highest BCUT2D eigenvalue weighted by atomic mass is 16.2. The molecule has 5 nitrogen and oxygen atoms in total. The molecule has 0 saturated heterocycles. The summed E-state index contributed by atoms with van der Waals surface area (Å²) in [5.74, 6) is -0.681. The molecule has 1 unspecified atom stereocenters. The molecule has 0 aliphatic carbocycles. The summed E-state index contributed by atoms with van der Waals surface area (Å²) in [6.45, 7) is 8.03. The first kappa shape index (κ1) is 17.9. The van der Waals surface area contributed by atoms with E-state index >= 15 is 0 Å². The molecule has 0 saturated carbocycles. The highest BCUT2D eigenvalue weighted by Crippen LogP contribution is 2.29. The monoisotopic (exact) mass is 303 g/mol. The Morgan fingerprint density at radius 1 is 1.41 bits per heavy atom. The number of nitrogens with one attached hydrogen (secondary N) is 1. The van der Waals surface area contributed by atoms with E-state index in [9.17, 15) is 9.59 Å². The van der Waals surface area contributed by atoms with Gasteiger partial charge in [0.2, 0.25) is 12.3 Å². The van der Waals surface area contributed by atoms with Crippen molar-refractivity contribution in [2.75, 3.05) is 0 Å². The fraction of sp³-hybridized carbons (Fsp3) is 0.471. The van der Waals surface area contributed by atoms with Crippen LogP contribution in [0.2, 0.25) is 0 Å². The Labute approximate surface area is 131 Å². The molecule has 0 fully saturated rings. The van der Waals surface area contributed by atoms with Crippen molar-refractivity contribution in [3.63, 3.8) is 0 Å². The molecule has 1 N–H and O–H groups in total. The number of nitrogens with zero attached hydrogens (tertiary/aromatic N) is 2. The topological polar surface area (TPSA) is 64.0 Å². The summed E-state index contributed by atoms with van der Waals surface area (Å²) in [5.41, 5.74) is 2.89. The fourth-order valence-electron chi connectivity index (χ4n) is 2.66. The van der Waals surface area contributed by atoms with E-state index in [1.54, 1.807) is 4.68 Å². The molecule has 0 bridgehead atoms. The number of benzene rings is 1. The lowest BCUT2D eigenvalue weighted by atomic mass is 9.95. The highest BCUT2D eigenvalue weighted by Gasteiger charge is 2.25. The van der Waals surface area contributed by atoms with E-state index < -0.39 is 5.92 Å². The second-order valence-electron chi connectivity index (χ2n) is 4.95. The number of carbonyl (C=O) groups is 2. The fourth-order valence-corrected chi connectivity index (χ4v) is 2.66. The minimum Gasteiger partial charge on any atom is -0.299 e. The van der Waals surface area contributed by atoms with Crippen LogP contribution in [-0.2, 0) is 16.6 Å². The van der Waals surface area contributed by atoms with Crippen LogP contribution in [0.15, 0.2) is 18.2 Å². The molecular formula is C17H25N3O2. The molecule has 0 radical (unpaired) electrons. The van der Waals surface area contributed by atoms with Gasteiger partial charge in [0.25, 0.3) is 0 Å². The third kappa shape index (κ3) is 3.53. The molecule has 2 amide bonds. The summed E-state index contributed by atoms with van der Waals surface area (Å²) >= 11 is 0. The average molecular weight is 303 g/mol. The van der Waals surface area contributed by atoms with Gasteiger partial charge in [-0.05, 0) is 18.9 Å². The maximum atomic E-state index is 12.1. The van der Waals surface area contributed by atoms with Crippen LogP contribution in [0.1, 0.15) is 50.8 Å². The maximum Gasteiger partial charge on any atom is 0.235 e. The van der Waals surface area contributed by atoms with Gasteiger partial charge < -0.3 is 0 Å². The normalized spacial score (nSPS) is 11.5. The van der Waals surface area contributed by atoms with Crippen molar-refractivity contribution in [3.8, 4) is 0 Å². The van der Waals surface area contributed by atoms with Crippen LogP contribution in [0.25, 0.3) is 10.9 Å². The SMILES string of the molecule is CC.CCCC(C(=O)NC=O)c1nn(C)c2c(C)cccc12. The van der Waals surface area contributed by atoms with E-state index in [1.165, 1.54) is 0 Å². The largest absolute Gasteiger partial charge is 0.299 e. The first-order chi connectivity index (χ1) is 10.6. The van der Waals surface area contributed by atoms with Gasteiger partial charge in [0.1, 0.15) is 0 Å². The van der Waals surface area contributed by atoms with E-state index in [1.807, 2.05) is 52.9 Å². The summed E-state index contributed by atoms with van der Waals surface area (Å²) in [7, 11) is 1.87. The van der Waals surface area contributed by atoms with Crippen molar-refractivity contribution < 1.29 is 9.59 Å². The minimum absolute atomic E-state index is 0.289. The van der Waals surface area contributed by atoms with Crippen LogP contribution < -0.4 is 5.32 Å². The Morgan fingerprint density at radius 2 is 2.09 bits per heavy atom. The first-order valence-electron chi connectivity index (χ1n) is 7.76. The average Bonchev–Trinajstić information content (AvgIpc) is 2.85. The summed E-state index contributed by atoms with van der Waals surface area (Å²) in [6.07, 6.45) is 1.95. The zero-order valence-electron chi connectivity index (χ0n) is 14.0. The molecule has 22 heavy (non-hydrogen) atoms. The molecule has 2 rings (SSSR count). The van der Waals surface area contributed by atoms with Gasteiger partial charge in [-0.1, -0.05) is 45.4 Å². The number of aryl methyl sites for hydroxylation is 2. The quantitative estimate of drug-likeness (QED) is 0.863. The van der Waals surface area contributed by atoms with E-state index in [-0.39, 0.29) is 5.91 Å². The van der Waals surface area contributed by atoms with Gasteiger partial charge in [-0.25, -0.2) is 0 Å². The van der Waals surface area contributed by atoms with E-state index in [0.29, 0.717) is 12.8 Å². The number of amides is 2. The number of hydrogen-bond acceptors (Lipinski definition) is 3. The van der Waals surface area contributed by atoms with Gasteiger partial charge in [-0.15, -0.1) is 0 Å². The molecule has 0 spiro atoms. The zero-order valence-corrected chi connectivity index (χ0v) is 14.0. The van der Waals surface area contributed by atoms with Crippen molar-refractivity contribution >= 4 is 23.2 Å². The third-order valence-electron chi connectivity index (χ3n) is 3.52. The van der Waals surface area contributed by atoms with Gasteiger partial charge in [0.15, 0.2) is 0 Å². The summed E-state index contributed by atoms with van der Waals surface area (Å²) in [5, 5.41) is 7.74. The number of carbonyl (C=O) groups excluding carboxylic acids is 2. The Morgan fingerprint density at radius 3 is 2.68 bits per heavy atom. The third-order valence-corrected chi connectivity index (χ3v) is 3.52. The maximum absolute atomic E-state index is 12.1. The minimum atomic E-state index is -0.393. The Hall–Kier alpha value is -2.17. The van der Waals surface area contributed by atoms with E-state index in [2.05, 4.69) is 10.4 Å². The van der Waals surface area contributed by atoms with Crippen molar-refractivity contribution in [2.45, 2.75) is 46.5 Å². The van der Waals surface area contributed by atoms with Crippen LogP contribution in [0, 0.1) is 6.92 Å². The molecule has 0 aliphatic heterocycles. The molecule has 5 heteroatoms. The second-order valence-corrected chi connectivity index (χ2v) is 4.95. The van der Waals surface area contributed by atoms with E-state index in [4.69, 9.17) is 0 Å². The lowest BCUT2D eigenvalue weighted by Crippen LogP contribution is -2.28. The number of aromatic nitrogens is 2. The smallest absolute Gasteiger partial charge is 0.235 e. The molecule has 1 heterocycles. The molecule has 1 atom stereocenters. The molecule has 120 valence electrons. The summed E-state index contributed by atoms with van der Waals surface area (Å²) < 4.78 is 1.80. The van der Waals surface area contributed by atoms with Crippen molar-refractivity contribution in [3.05, 3.63) is 29.5 Å². The molecular weight excluding hydrogens is 278 g/mol. The molecule has 1 aromatic carbocycles. The lowest BCUT2D eigenvalue weighted by molar-refractivity contribution is -0.126. The van der Waals surface area contributed by atoms with Gasteiger partial charge in [0, 0.05) is 12.4 Å². The van der Waals surface area contributed by atoms with Gasteiger partial charge >= 0.3 is 0 Å². The van der Waals surface area contributed by atoms with Crippen molar-refractivity contribution in [1.82, 2.24) is 15.1 Å². The number of para-hydroxylation sites is 1. The lowest BCUT2D eigenvalue weighted by Gasteiger charge is -2.11. The zero-order chi connectivity index (χ0) is 16.7. The van der Waals surface area contributed by atoms with Gasteiger partial charge in [0.05, 0.1) is 17.1 Å². The standard InChI is InChI=1S/C15H19N3O2.C2H6/c1-4-6-12(15(20)16-9-19)13-11-8-5-7-10(2)14(11)18(3)17-13;1-2/h5,7-9,12H,4,6H2,1-3H3,(H,16,19,20);1-2H3. The second kappa shape index (κ2) is 8.32. The Bertz CT molecular complexity index is 647. The van der Waals surface area contributed by atoms with Crippen LogP contribution >= 0.6 is 0 Å². The highest BCUT2D eigenvalue weighted by molar-refractivity contribution is 5.95. The van der Waals surface area contributed by atoms with E-state index in [0.717, 1.165) is 28.6 Å². The molecule has 0 aliphatic rings. The number of fused-ring (bicyclic) bond motifs is 1. The summed E-state index contributed by atoms with van der Waals surface area (Å²) in [6, 6.07) is 5.96. The summed E-state index contributed by atoms with van der Waals surface area (Å²) in [4.78, 5) is 22.6. The van der Waals surface area contributed by atoms with Crippen LogP contribution in [0.3, 0.4) is 0 Å². The van der Waals surface area contributed by atoms with Gasteiger partial charge in [-0.2, -0.15) is 5.10 Å².